The van der Waals surface area contributed by atoms with Crippen LogP contribution in [0.15, 0.2) is 18.2 Å². The molecule has 2 N–H and O–H groups in total. The third-order valence-electron chi connectivity index (χ3n) is 2.50. The van der Waals surface area contributed by atoms with Gasteiger partial charge in [0.1, 0.15) is 0 Å². The number of hydrogen-bond acceptors (Lipinski definition) is 4. The fourth-order valence-corrected chi connectivity index (χ4v) is 1.60. The van der Waals surface area contributed by atoms with Crippen LogP contribution in [-0.4, -0.2) is 37.2 Å². The van der Waals surface area contributed by atoms with E-state index in [4.69, 9.17) is 14.6 Å². The Bertz CT molecular complexity index is 472. The third-order valence-corrected chi connectivity index (χ3v) is 2.50. The van der Waals surface area contributed by atoms with Gasteiger partial charge in [0.2, 0.25) is 0 Å². The number of rotatable bonds is 6. The van der Waals surface area contributed by atoms with Crippen LogP contribution < -0.4 is 14.8 Å². The first-order chi connectivity index (χ1) is 8.97. The van der Waals surface area contributed by atoms with Gasteiger partial charge in [0.25, 0.3) is 5.91 Å². The van der Waals surface area contributed by atoms with Crippen molar-refractivity contribution in [1.29, 1.82) is 0 Å². The Morgan fingerprint density at radius 1 is 1.26 bits per heavy atom. The van der Waals surface area contributed by atoms with Gasteiger partial charge in [-0.05, 0) is 25.1 Å². The van der Waals surface area contributed by atoms with E-state index in [0.29, 0.717) is 17.1 Å². The van der Waals surface area contributed by atoms with E-state index < -0.39 is 12.0 Å². The molecular weight excluding hydrogens is 250 g/mol. The minimum Gasteiger partial charge on any atom is -0.493 e. The van der Waals surface area contributed by atoms with Crippen molar-refractivity contribution in [1.82, 2.24) is 5.32 Å². The Balaban J connectivity index is 2.80. The van der Waals surface area contributed by atoms with Crippen molar-refractivity contribution >= 4 is 11.9 Å². The summed E-state index contributed by atoms with van der Waals surface area (Å²) in [4.78, 5) is 22.4. The summed E-state index contributed by atoms with van der Waals surface area (Å²) in [6, 6.07) is 4.31. The van der Waals surface area contributed by atoms with E-state index in [0.717, 1.165) is 0 Å². The number of carbonyl (C=O) groups excluding carboxylic acids is 1. The maximum Gasteiger partial charge on any atom is 0.305 e. The summed E-state index contributed by atoms with van der Waals surface area (Å²) in [6.45, 7) is 1.63. The van der Waals surface area contributed by atoms with Crippen LogP contribution in [0.1, 0.15) is 23.7 Å². The molecule has 0 heterocycles. The van der Waals surface area contributed by atoms with E-state index in [-0.39, 0.29) is 12.3 Å². The standard InChI is InChI=1S/C13H17NO5/c1-8(6-12(15)16)14-13(17)9-4-5-10(18-2)11(7-9)19-3/h4-5,7-8H,6H2,1-3H3,(H,14,17)(H,15,16). The van der Waals surface area contributed by atoms with Gasteiger partial charge in [-0.25, -0.2) is 0 Å². The van der Waals surface area contributed by atoms with Crippen LogP contribution in [-0.2, 0) is 4.79 Å². The lowest BCUT2D eigenvalue weighted by molar-refractivity contribution is -0.137. The maximum atomic E-state index is 11.9. The van der Waals surface area contributed by atoms with Crippen molar-refractivity contribution in [2.45, 2.75) is 19.4 Å². The minimum absolute atomic E-state index is 0.126. The van der Waals surface area contributed by atoms with E-state index in [1.807, 2.05) is 0 Å². The maximum absolute atomic E-state index is 11.9. The van der Waals surface area contributed by atoms with Gasteiger partial charge in [0.05, 0.1) is 20.6 Å². The summed E-state index contributed by atoms with van der Waals surface area (Å²) in [5.41, 5.74) is 0.384. The molecule has 0 fully saturated rings. The normalized spacial score (nSPS) is 11.5. The molecule has 0 aliphatic heterocycles. The van der Waals surface area contributed by atoms with E-state index in [1.54, 1.807) is 25.1 Å². The summed E-state index contributed by atoms with van der Waals surface area (Å²) in [6.07, 6.45) is -0.126. The molecule has 0 bridgehead atoms. The van der Waals surface area contributed by atoms with Crippen LogP contribution in [0, 0.1) is 0 Å². The van der Waals surface area contributed by atoms with Crippen LogP contribution in [0.3, 0.4) is 0 Å². The number of carboxylic acids is 1. The number of hydrogen-bond donors (Lipinski definition) is 2. The fraction of sp³-hybridized carbons (Fsp3) is 0.385. The molecule has 0 aromatic heterocycles. The van der Waals surface area contributed by atoms with E-state index in [9.17, 15) is 9.59 Å². The highest BCUT2D eigenvalue weighted by atomic mass is 16.5. The largest absolute Gasteiger partial charge is 0.493 e. The molecule has 6 heteroatoms. The molecule has 0 spiro atoms. The van der Waals surface area contributed by atoms with Gasteiger partial charge in [0, 0.05) is 11.6 Å². The number of benzene rings is 1. The van der Waals surface area contributed by atoms with Crippen molar-refractivity contribution < 1.29 is 24.2 Å². The van der Waals surface area contributed by atoms with Crippen LogP contribution >= 0.6 is 0 Å². The van der Waals surface area contributed by atoms with Crippen molar-refractivity contribution in [3.8, 4) is 11.5 Å². The Morgan fingerprint density at radius 3 is 2.42 bits per heavy atom. The number of nitrogens with one attached hydrogen (secondary N) is 1. The molecule has 0 saturated carbocycles. The van der Waals surface area contributed by atoms with Crippen molar-refractivity contribution in [3.63, 3.8) is 0 Å². The Labute approximate surface area is 111 Å². The zero-order valence-corrected chi connectivity index (χ0v) is 11.1. The minimum atomic E-state index is -0.958. The summed E-state index contributed by atoms with van der Waals surface area (Å²) in [5, 5.41) is 11.2. The van der Waals surface area contributed by atoms with Gasteiger partial charge in [-0.1, -0.05) is 0 Å². The smallest absolute Gasteiger partial charge is 0.305 e. The van der Waals surface area contributed by atoms with Crippen LogP contribution in [0.25, 0.3) is 0 Å². The average Bonchev–Trinajstić information content (AvgIpc) is 2.36. The second-order valence-corrected chi connectivity index (χ2v) is 4.04. The molecule has 1 atom stereocenters. The lowest BCUT2D eigenvalue weighted by atomic mass is 10.1. The quantitative estimate of drug-likeness (QED) is 0.811. The molecule has 1 amide bonds. The molecule has 6 nitrogen and oxygen atoms in total. The van der Waals surface area contributed by atoms with Crippen molar-refractivity contribution in [2.75, 3.05) is 14.2 Å². The van der Waals surface area contributed by atoms with Crippen LogP contribution in [0.4, 0.5) is 0 Å². The zero-order chi connectivity index (χ0) is 14.4. The summed E-state index contributed by atoms with van der Waals surface area (Å²) in [5.74, 6) is -0.339. The highest BCUT2D eigenvalue weighted by Gasteiger charge is 2.14. The second kappa shape index (κ2) is 6.63. The van der Waals surface area contributed by atoms with E-state index >= 15 is 0 Å². The van der Waals surface area contributed by atoms with Crippen molar-refractivity contribution in [2.24, 2.45) is 0 Å². The number of methoxy groups -OCH3 is 2. The fourth-order valence-electron chi connectivity index (χ4n) is 1.60. The Hall–Kier alpha value is -2.24. The average molecular weight is 267 g/mol. The summed E-state index contributed by atoms with van der Waals surface area (Å²) < 4.78 is 10.2. The molecule has 0 saturated heterocycles. The molecular formula is C13H17NO5. The highest BCUT2D eigenvalue weighted by molar-refractivity contribution is 5.95. The number of carboxylic acid groups (broad SMARTS) is 1. The summed E-state index contributed by atoms with van der Waals surface area (Å²) in [7, 11) is 2.99. The first-order valence-electron chi connectivity index (χ1n) is 5.72. The van der Waals surface area contributed by atoms with Gasteiger partial charge >= 0.3 is 5.97 Å². The molecule has 1 rings (SSSR count). The van der Waals surface area contributed by atoms with Gasteiger partial charge < -0.3 is 19.9 Å². The molecule has 19 heavy (non-hydrogen) atoms. The number of ether oxygens (including phenoxy) is 2. The first-order valence-corrected chi connectivity index (χ1v) is 5.72. The van der Waals surface area contributed by atoms with Gasteiger partial charge in [-0.2, -0.15) is 0 Å². The summed E-state index contributed by atoms with van der Waals surface area (Å²) >= 11 is 0. The number of carbonyl (C=O) groups is 2. The zero-order valence-electron chi connectivity index (χ0n) is 11.1. The van der Waals surface area contributed by atoms with Gasteiger partial charge in [-0.15, -0.1) is 0 Å². The molecule has 1 aromatic carbocycles. The lowest BCUT2D eigenvalue weighted by Gasteiger charge is -2.13. The molecule has 0 aliphatic rings. The highest BCUT2D eigenvalue weighted by Crippen LogP contribution is 2.27. The second-order valence-electron chi connectivity index (χ2n) is 4.04. The Morgan fingerprint density at radius 2 is 1.89 bits per heavy atom. The molecule has 104 valence electrons. The number of aliphatic carboxylic acids is 1. The predicted octanol–water partition coefficient (Wildman–Crippen LogP) is 1.30. The lowest BCUT2D eigenvalue weighted by Crippen LogP contribution is -2.34. The molecule has 1 unspecified atom stereocenters. The predicted molar refractivity (Wildman–Crippen MR) is 68.7 cm³/mol. The first kappa shape index (κ1) is 14.8. The molecule has 1 aromatic rings. The Kier molecular flexibility index (Phi) is 5.17. The van der Waals surface area contributed by atoms with Crippen molar-refractivity contribution in [3.05, 3.63) is 23.8 Å². The third kappa shape index (κ3) is 4.17. The SMILES string of the molecule is COc1ccc(C(=O)NC(C)CC(=O)O)cc1OC. The van der Waals surface area contributed by atoms with Gasteiger partial charge in [-0.3, -0.25) is 9.59 Å². The van der Waals surface area contributed by atoms with Crippen LogP contribution in [0.2, 0.25) is 0 Å². The van der Waals surface area contributed by atoms with E-state index in [2.05, 4.69) is 5.32 Å². The van der Waals surface area contributed by atoms with Gasteiger partial charge in [0.15, 0.2) is 11.5 Å². The van der Waals surface area contributed by atoms with E-state index in [1.165, 1.54) is 14.2 Å². The van der Waals surface area contributed by atoms with Crippen LogP contribution in [0.5, 0.6) is 11.5 Å². The molecule has 0 radical (unpaired) electrons. The topological polar surface area (TPSA) is 84.9 Å². The monoisotopic (exact) mass is 267 g/mol. The molecule has 0 aliphatic carbocycles. The number of amides is 1.